The van der Waals surface area contributed by atoms with E-state index in [1.165, 1.54) is 0 Å². The third-order valence-electron chi connectivity index (χ3n) is 4.10. The maximum absolute atomic E-state index is 12.9. The van der Waals surface area contributed by atoms with Crippen LogP contribution in [0.5, 0.6) is 0 Å². The molecule has 0 aromatic carbocycles. The first-order chi connectivity index (χ1) is 10.1. The summed E-state index contributed by atoms with van der Waals surface area (Å²) in [7, 11) is -3.45. The molecule has 1 aromatic heterocycles. The van der Waals surface area contributed by atoms with Crippen molar-refractivity contribution in [3.8, 4) is 0 Å². The second-order valence-electron chi connectivity index (χ2n) is 5.59. The Hall–Kier alpha value is -0.890. The van der Waals surface area contributed by atoms with Crippen LogP contribution in [0.25, 0.3) is 0 Å². The van der Waals surface area contributed by atoms with Crippen LogP contribution in [0, 0.1) is 6.92 Å². The molecule has 1 unspecified atom stereocenters. The molecule has 0 saturated carbocycles. The number of nitrogens with zero attached hydrogens (tertiary/aromatic N) is 2. The fourth-order valence-electron chi connectivity index (χ4n) is 3.04. The van der Waals surface area contributed by atoms with Crippen LogP contribution in [0.3, 0.4) is 0 Å². The number of hydrogen-bond donors (Lipinski definition) is 0. The van der Waals surface area contributed by atoms with E-state index in [0.717, 1.165) is 30.8 Å². The zero-order chi connectivity index (χ0) is 14.9. The average Bonchev–Trinajstić information content (AvgIpc) is 3.00. The van der Waals surface area contributed by atoms with Gasteiger partial charge in [0.2, 0.25) is 0 Å². The Labute approximate surface area is 125 Å². The summed E-state index contributed by atoms with van der Waals surface area (Å²) in [5.74, 6) is 1.57. The quantitative estimate of drug-likeness (QED) is 0.852. The molecule has 3 heterocycles. The molecule has 2 saturated heterocycles. The minimum Gasteiger partial charge on any atom is -0.465 e. The van der Waals surface area contributed by atoms with Crippen molar-refractivity contribution in [2.45, 2.75) is 32.2 Å². The van der Waals surface area contributed by atoms with Gasteiger partial charge in [-0.05, 0) is 38.3 Å². The van der Waals surface area contributed by atoms with Crippen molar-refractivity contribution in [1.82, 2.24) is 8.61 Å². The second kappa shape index (κ2) is 6.08. The summed E-state index contributed by atoms with van der Waals surface area (Å²) in [6.45, 7) is 4.50. The van der Waals surface area contributed by atoms with Gasteiger partial charge >= 0.3 is 0 Å². The van der Waals surface area contributed by atoms with Crippen molar-refractivity contribution in [2.24, 2.45) is 0 Å². The van der Waals surface area contributed by atoms with E-state index in [9.17, 15) is 8.42 Å². The molecular formula is C14H22N2O4S. The summed E-state index contributed by atoms with van der Waals surface area (Å²) in [5, 5.41) is 0. The van der Waals surface area contributed by atoms with E-state index in [1.54, 1.807) is 8.61 Å². The Kier molecular flexibility index (Phi) is 4.35. The SMILES string of the molecule is Cc1ccc(C2CCCN2S(=O)(=O)N2CCCOCC2)o1. The Morgan fingerprint density at radius 1 is 1.14 bits per heavy atom. The first kappa shape index (κ1) is 15.0. The van der Waals surface area contributed by atoms with Crippen LogP contribution in [0.4, 0.5) is 0 Å². The van der Waals surface area contributed by atoms with Crippen molar-refractivity contribution in [3.63, 3.8) is 0 Å². The summed E-state index contributed by atoms with van der Waals surface area (Å²) in [6.07, 6.45) is 2.43. The van der Waals surface area contributed by atoms with Gasteiger partial charge in [-0.1, -0.05) is 0 Å². The van der Waals surface area contributed by atoms with Gasteiger partial charge in [0.15, 0.2) is 0 Å². The van der Waals surface area contributed by atoms with E-state index in [-0.39, 0.29) is 6.04 Å². The van der Waals surface area contributed by atoms with Gasteiger partial charge in [-0.25, -0.2) is 0 Å². The summed E-state index contributed by atoms with van der Waals surface area (Å²) in [4.78, 5) is 0. The topological polar surface area (TPSA) is 63.0 Å². The lowest BCUT2D eigenvalue weighted by molar-refractivity contribution is 0.147. The number of aryl methyl sites for hydroxylation is 1. The molecule has 0 aliphatic carbocycles. The van der Waals surface area contributed by atoms with Crippen molar-refractivity contribution in [1.29, 1.82) is 0 Å². The highest BCUT2D eigenvalue weighted by Crippen LogP contribution is 2.36. The Bertz CT molecular complexity index is 576. The lowest BCUT2D eigenvalue weighted by atomic mass is 10.2. The van der Waals surface area contributed by atoms with Gasteiger partial charge in [0.1, 0.15) is 11.5 Å². The van der Waals surface area contributed by atoms with Crippen LogP contribution in [0.1, 0.15) is 36.8 Å². The van der Waals surface area contributed by atoms with Crippen molar-refractivity contribution < 1.29 is 17.6 Å². The maximum Gasteiger partial charge on any atom is 0.282 e. The van der Waals surface area contributed by atoms with Crippen molar-refractivity contribution in [2.75, 3.05) is 32.8 Å². The normalized spacial score (nSPS) is 26.0. The zero-order valence-electron chi connectivity index (χ0n) is 12.3. The zero-order valence-corrected chi connectivity index (χ0v) is 13.1. The number of rotatable bonds is 3. The van der Waals surface area contributed by atoms with Crippen LogP contribution < -0.4 is 0 Å². The first-order valence-corrected chi connectivity index (χ1v) is 8.90. The molecule has 0 amide bonds. The monoisotopic (exact) mass is 314 g/mol. The molecule has 7 heteroatoms. The van der Waals surface area contributed by atoms with E-state index < -0.39 is 10.2 Å². The average molecular weight is 314 g/mol. The van der Waals surface area contributed by atoms with Gasteiger partial charge in [0.05, 0.1) is 12.6 Å². The maximum atomic E-state index is 12.9. The standard InChI is InChI=1S/C14H22N2O4S/c1-12-5-6-14(20-12)13-4-2-8-16(13)21(17,18)15-7-3-10-19-11-9-15/h5-6,13H,2-4,7-11H2,1H3. The van der Waals surface area contributed by atoms with E-state index in [4.69, 9.17) is 9.15 Å². The third kappa shape index (κ3) is 3.01. The van der Waals surface area contributed by atoms with Gasteiger partial charge in [-0.15, -0.1) is 0 Å². The lowest BCUT2D eigenvalue weighted by Gasteiger charge is -2.29. The molecule has 118 valence electrons. The minimum absolute atomic E-state index is 0.173. The smallest absolute Gasteiger partial charge is 0.282 e. The summed E-state index contributed by atoms with van der Waals surface area (Å²) >= 11 is 0. The molecule has 6 nitrogen and oxygen atoms in total. The van der Waals surface area contributed by atoms with Crippen LogP contribution in [-0.2, 0) is 14.9 Å². The van der Waals surface area contributed by atoms with Gasteiger partial charge in [-0.3, -0.25) is 0 Å². The molecule has 1 atom stereocenters. The Morgan fingerprint density at radius 3 is 2.76 bits per heavy atom. The molecule has 0 N–H and O–H groups in total. The van der Waals surface area contributed by atoms with Gasteiger partial charge in [0.25, 0.3) is 10.2 Å². The largest absolute Gasteiger partial charge is 0.465 e. The highest BCUT2D eigenvalue weighted by Gasteiger charge is 2.40. The molecule has 0 bridgehead atoms. The third-order valence-corrected chi connectivity index (χ3v) is 6.14. The first-order valence-electron chi connectivity index (χ1n) is 7.50. The summed E-state index contributed by atoms with van der Waals surface area (Å²) in [5.41, 5.74) is 0. The highest BCUT2D eigenvalue weighted by atomic mass is 32.2. The van der Waals surface area contributed by atoms with Gasteiger partial charge < -0.3 is 9.15 Å². The lowest BCUT2D eigenvalue weighted by Crippen LogP contribution is -2.44. The molecule has 21 heavy (non-hydrogen) atoms. The van der Waals surface area contributed by atoms with Gasteiger partial charge in [0, 0.05) is 26.2 Å². The van der Waals surface area contributed by atoms with Crippen molar-refractivity contribution in [3.05, 3.63) is 23.7 Å². The predicted molar refractivity (Wildman–Crippen MR) is 78.1 cm³/mol. The number of hydrogen-bond acceptors (Lipinski definition) is 4. The van der Waals surface area contributed by atoms with Gasteiger partial charge in [-0.2, -0.15) is 17.0 Å². The molecule has 2 fully saturated rings. The summed E-state index contributed by atoms with van der Waals surface area (Å²) in [6, 6.07) is 3.60. The number of furan rings is 1. The molecule has 3 rings (SSSR count). The Morgan fingerprint density at radius 2 is 2.00 bits per heavy atom. The molecular weight excluding hydrogens is 292 g/mol. The molecule has 0 spiro atoms. The van der Waals surface area contributed by atoms with Crippen LogP contribution >= 0.6 is 0 Å². The van der Waals surface area contributed by atoms with E-state index in [0.29, 0.717) is 32.8 Å². The summed E-state index contributed by atoms with van der Waals surface area (Å²) < 4.78 is 39.9. The predicted octanol–water partition coefficient (Wildman–Crippen LogP) is 1.69. The van der Waals surface area contributed by atoms with E-state index in [1.807, 2.05) is 19.1 Å². The fraction of sp³-hybridized carbons (Fsp3) is 0.714. The molecule has 1 aromatic rings. The van der Waals surface area contributed by atoms with Crippen molar-refractivity contribution >= 4 is 10.2 Å². The molecule has 2 aliphatic rings. The fourth-order valence-corrected chi connectivity index (χ4v) is 4.89. The molecule has 0 radical (unpaired) electrons. The highest BCUT2D eigenvalue weighted by molar-refractivity contribution is 7.86. The number of ether oxygens (including phenoxy) is 1. The minimum atomic E-state index is -3.45. The second-order valence-corrected chi connectivity index (χ2v) is 7.47. The van der Waals surface area contributed by atoms with E-state index in [2.05, 4.69) is 0 Å². The van der Waals surface area contributed by atoms with Crippen LogP contribution in [-0.4, -0.2) is 49.9 Å². The van der Waals surface area contributed by atoms with Crippen LogP contribution in [0.15, 0.2) is 16.5 Å². The van der Waals surface area contributed by atoms with Crippen LogP contribution in [0.2, 0.25) is 0 Å². The van der Waals surface area contributed by atoms with E-state index >= 15 is 0 Å². The Balaban J connectivity index is 1.83. The molecule has 2 aliphatic heterocycles.